The summed E-state index contributed by atoms with van der Waals surface area (Å²) in [6.45, 7) is 8.66. The SMILES string of the molecule is COc1ccccc1N1CCN(c2ccc(NC(=O)Nc3c(C)cccc3C)cc2C(=O)N2CCCCC2)CC1. The number of benzene rings is 3. The van der Waals surface area contributed by atoms with Gasteiger partial charge in [-0.2, -0.15) is 0 Å². The van der Waals surface area contributed by atoms with Gasteiger partial charge in [-0.3, -0.25) is 4.79 Å². The molecule has 8 heteroatoms. The van der Waals surface area contributed by atoms with Gasteiger partial charge in [-0.05, 0) is 74.6 Å². The molecule has 2 aliphatic heterocycles. The molecule has 0 spiro atoms. The van der Waals surface area contributed by atoms with Crippen molar-refractivity contribution in [2.45, 2.75) is 33.1 Å². The number of anilines is 4. The molecule has 0 unspecified atom stereocenters. The van der Waals surface area contributed by atoms with Crippen molar-refractivity contribution >= 4 is 34.7 Å². The molecule has 0 aromatic heterocycles. The van der Waals surface area contributed by atoms with Crippen molar-refractivity contribution in [2.24, 2.45) is 0 Å². The predicted octanol–water partition coefficient (Wildman–Crippen LogP) is 5.91. The van der Waals surface area contributed by atoms with Gasteiger partial charge in [-0.25, -0.2) is 4.79 Å². The minimum atomic E-state index is -0.327. The summed E-state index contributed by atoms with van der Waals surface area (Å²) in [6.07, 6.45) is 3.20. The van der Waals surface area contributed by atoms with Crippen LogP contribution in [-0.4, -0.2) is 63.2 Å². The Morgan fingerprint density at radius 1 is 0.725 bits per heavy atom. The van der Waals surface area contributed by atoms with Crippen LogP contribution < -0.4 is 25.2 Å². The molecule has 2 N–H and O–H groups in total. The Bertz CT molecular complexity index is 1340. The van der Waals surface area contributed by atoms with Crippen LogP contribution in [0, 0.1) is 13.8 Å². The lowest BCUT2D eigenvalue weighted by molar-refractivity contribution is 0.0725. The van der Waals surface area contributed by atoms with Crippen LogP contribution in [-0.2, 0) is 0 Å². The highest BCUT2D eigenvalue weighted by Crippen LogP contribution is 2.32. The van der Waals surface area contributed by atoms with E-state index in [4.69, 9.17) is 4.74 Å². The lowest BCUT2D eigenvalue weighted by atomic mass is 10.1. The molecule has 0 saturated carbocycles. The van der Waals surface area contributed by atoms with E-state index in [0.717, 1.165) is 92.5 Å². The Labute approximate surface area is 236 Å². The maximum atomic E-state index is 13.8. The number of rotatable bonds is 6. The maximum absolute atomic E-state index is 13.8. The van der Waals surface area contributed by atoms with E-state index in [-0.39, 0.29) is 11.9 Å². The van der Waals surface area contributed by atoms with Crippen molar-refractivity contribution in [3.05, 3.63) is 77.4 Å². The maximum Gasteiger partial charge on any atom is 0.323 e. The number of nitrogens with zero attached hydrogens (tertiary/aromatic N) is 3. The zero-order valence-corrected chi connectivity index (χ0v) is 23.7. The van der Waals surface area contributed by atoms with Gasteiger partial charge in [0.2, 0.25) is 0 Å². The summed E-state index contributed by atoms with van der Waals surface area (Å²) >= 11 is 0. The number of hydrogen-bond donors (Lipinski definition) is 2. The third-order valence-electron chi connectivity index (χ3n) is 7.89. The number of likely N-dealkylation sites (tertiary alicyclic amines) is 1. The number of carbonyl (C=O) groups is 2. The molecular weight excluding hydrogens is 502 g/mol. The van der Waals surface area contributed by atoms with Crippen LogP contribution in [0.4, 0.5) is 27.5 Å². The number of piperidine rings is 1. The number of para-hydroxylation sites is 3. The Morgan fingerprint density at radius 3 is 2.05 bits per heavy atom. The summed E-state index contributed by atoms with van der Waals surface area (Å²) < 4.78 is 5.58. The van der Waals surface area contributed by atoms with Crippen LogP contribution in [0.15, 0.2) is 60.7 Å². The molecule has 0 atom stereocenters. The quantitative estimate of drug-likeness (QED) is 0.406. The number of hydrogen-bond acceptors (Lipinski definition) is 5. The van der Waals surface area contributed by atoms with E-state index in [1.165, 1.54) is 0 Å². The molecule has 0 bridgehead atoms. The summed E-state index contributed by atoms with van der Waals surface area (Å²) in [5, 5.41) is 5.93. The molecule has 210 valence electrons. The Balaban J connectivity index is 1.36. The van der Waals surface area contributed by atoms with Crippen LogP contribution in [0.2, 0.25) is 0 Å². The summed E-state index contributed by atoms with van der Waals surface area (Å²) in [5.41, 5.74) is 6.03. The van der Waals surface area contributed by atoms with E-state index in [1.807, 2.05) is 73.3 Å². The fourth-order valence-corrected chi connectivity index (χ4v) is 5.69. The number of nitrogens with one attached hydrogen (secondary N) is 2. The summed E-state index contributed by atoms with van der Waals surface area (Å²) in [4.78, 5) is 33.3. The molecule has 2 aliphatic rings. The van der Waals surface area contributed by atoms with Crippen LogP contribution >= 0.6 is 0 Å². The van der Waals surface area contributed by atoms with Gasteiger partial charge in [-0.15, -0.1) is 0 Å². The second kappa shape index (κ2) is 12.3. The van der Waals surface area contributed by atoms with E-state index >= 15 is 0 Å². The third-order valence-corrected chi connectivity index (χ3v) is 7.89. The smallest absolute Gasteiger partial charge is 0.323 e. The van der Waals surface area contributed by atoms with E-state index in [0.29, 0.717) is 11.3 Å². The average molecular weight is 542 g/mol. The number of amides is 3. The Morgan fingerprint density at radius 2 is 1.38 bits per heavy atom. The molecule has 0 aliphatic carbocycles. The van der Waals surface area contributed by atoms with Crippen LogP contribution in [0.3, 0.4) is 0 Å². The largest absolute Gasteiger partial charge is 0.495 e. The van der Waals surface area contributed by atoms with Crippen LogP contribution in [0.1, 0.15) is 40.7 Å². The number of carbonyl (C=O) groups excluding carboxylic acids is 2. The highest BCUT2D eigenvalue weighted by Gasteiger charge is 2.26. The van der Waals surface area contributed by atoms with Gasteiger partial charge in [0, 0.05) is 56.3 Å². The normalized spacial score (nSPS) is 15.5. The second-order valence-electron chi connectivity index (χ2n) is 10.6. The molecular formula is C32H39N5O3. The number of urea groups is 1. The van der Waals surface area contributed by atoms with Crippen molar-refractivity contribution in [3.63, 3.8) is 0 Å². The standard InChI is InChI=1S/C32H39N5O3/c1-23-10-9-11-24(2)30(23)34-32(39)33-25-14-15-27(26(22-25)31(38)37-16-7-4-8-17-37)35-18-20-36(21-19-35)28-12-5-6-13-29(28)40-3/h5-6,9-15,22H,4,7-8,16-21H2,1-3H3,(H2,33,34,39). The topological polar surface area (TPSA) is 77.1 Å². The molecule has 5 rings (SSSR count). The number of aryl methyl sites for hydroxylation is 2. The molecule has 40 heavy (non-hydrogen) atoms. The first-order valence-corrected chi connectivity index (χ1v) is 14.1. The molecule has 3 aromatic rings. The number of piperazine rings is 1. The minimum absolute atomic E-state index is 0.0284. The van der Waals surface area contributed by atoms with E-state index in [1.54, 1.807) is 7.11 Å². The fourth-order valence-electron chi connectivity index (χ4n) is 5.69. The molecule has 8 nitrogen and oxygen atoms in total. The van der Waals surface area contributed by atoms with Crippen molar-refractivity contribution in [3.8, 4) is 5.75 Å². The monoisotopic (exact) mass is 541 g/mol. The summed E-state index contributed by atoms with van der Waals surface area (Å²) in [6, 6.07) is 19.4. The molecule has 2 fully saturated rings. The van der Waals surface area contributed by atoms with E-state index in [9.17, 15) is 9.59 Å². The summed E-state index contributed by atoms with van der Waals surface area (Å²) in [5.74, 6) is 0.896. The summed E-state index contributed by atoms with van der Waals surface area (Å²) in [7, 11) is 1.70. The molecule has 2 saturated heterocycles. The molecule has 3 aromatic carbocycles. The van der Waals surface area contributed by atoms with E-state index < -0.39 is 0 Å². The molecule has 0 radical (unpaired) electrons. The van der Waals surface area contributed by atoms with Gasteiger partial charge in [-0.1, -0.05) is 30.3 Å². The lowest BCUT2D eigenvalue weighted by Crippen LogP contribution is -2.47. The van der Waals surface area contributed by atoms with Crippen molar-refractivity contribution in [1.82, 2.24) is 4.90 Å². The van der Waals surface area contributed by atoms with Crippen molar-refractivity contribution < 1.29 is 14.3 Å². The minimum Gasteiger partial charge on any atom is -0.495 e. The fraction of sp³-hybridized carbons (Fsp3) is 0.375. The molecule has 2 heterocycles. The van der Waals surface area contributed by atoms with E-state index in [2.05, 4.69) is 26.5 Å². The predicted molar refractivity (Wildman–Crippen MR) is 162 cm³/mol. The van der Waals surface area contributed by atoms with Gasteiger partial charge < -0.3 is 30.1 Å². The van der Waals surface area contributed by atoms with Crippen molar-refractivity contribution in [2.75, 3.05) is 66.8 Å². The molecule has 3 amide bonds. The van der Waals surface area contributed by atoms with Crippen LogP contribution in [0.5, 0.6) is 5.75 Å². The third kappa shape index (κ3) is 6.01. The number of ether oxygens (including phenoxy) is 1. The second-order valence-corrected chi connectivity index (χ2v) is 10.6. The lowest BCUT2D eigenvalue weighted by Gasteiger charge is -2.39. The van der Waals surface area contributed by atoms with Crippen LogP contribution in [0.25, 0.3) is 0 Å². The highest BCUT2D eigenvalue weighted by atomic mass is 16.5. The first kappa shape index (κ1) is 27.4. The van der Waals surface area contributed by atoms with Gasteiger partial charge in [0.15, 0.2) is 0 Å². The average Bonchev–Trinajstić information content (AvgIpc) is 2.99. The zero-order chi connectivity index (χ0) is 28.1. The van der Waals surface area contributed by atoms with Gasteiger partial charge in [0.1, 0.15) is 5.75 Å². The van der Waals surface area contributed by atoms with Gasteiger partial charge in [0.05, 0.1) is 18.4 Å². The first-order valence-electron chi connectivity index (χ1n) is 14.1. The zero-order valence-electron chi connectivity index (χ0n) is 23.7. The van der Waals surface area contributed by atoms with Crippen molar-refractivity contribution in [1.29, 1.82) is 0 Å². The first-order chi connectivity index (χ1) is 19.4. The number of methoxy groups -OCH3 is 1. The Hall–Kier alpha value is -4.20. The van der Waals surface area contributed by atoms with Gasteiger partial charge >= 0.3 is 6.03 Å². The highest BCUT2D eigenvalue weighted by molar-refractivity contribution is 6.04. The Kier molecular flexibility index (Phi) is 8.43. The van der Waals surface area contributed by atoms with Gasteiger partial charge in [0.25, 0.3) is 5.91 Å².